The minimum atomic E-state index is -2.29. The molecule has 2 fully saturated rings. The number of fused-ring (bicyclic) bond motifs is 1. The van der Waals surface area contributed by atoms with E-state index in [4.69, 9.17) is 37.6 Å². The molecule has 0 bridgehead atoms. The molecular formula is C36H50O10Si. The molecular weight excluding hydrogens is 620 g/mol. The lowest BCUT2D eigenvalue weighted by Crippen LogP contribution is -2.61. The summed E-state index contributed by atoms with van der Waals surface area (Å²) in [4.78, 5) is 12.3. The van der Waals surface area contributed by atoms with Crippen LogP contribution in [0.4, 0.5) is 4.79 Å². The van der Waals surface area contributed by atoms with E-state index in [1.54, 1.807) is 12.3 Å². The molecule has 3 unspecified atom stereocenters. The highest BCUT2D eigenvalue weighted by atomic mass is 28.4. The lowest BCUT2D eigenvalue weighted by Gasteiger charge is -2.45. The summed E-state index contributed by atoms with van der Waals surface area (Å²) in [5, 5.41) is 11.4. The van der Waals surface area contributed by atoms with E-state index in [-0.39, 0.29) is 13.2 Å². The van der Waals surface area contributed by atoms with Gasteiger partial charge < -0.3 is 42.7 Å². The standard InChI is InChI=1S/C36H50O10Si/c1-23(2)47(24(3)4,25(5)6)42-22-30-33-34(46-36(38)45-33)31(37)35(43-30)44-32-28(41-20-27-15-11-8-12-16-27)17-18-40-29(32)21-39-19-26-13-9-7-10-14-26/h7-18,23-25,28-35,37H,19-22H2,1-6H3/t28-,29?,30?,31?,32-,33-,34+,35-/m0/s1. The van der Waals surface area contributed by atoms with Gasteiger partial charge in [-0.05, 0) is 33.8 Å². The molecule has 0 amide bonds. The minimum absolute atomic E-state index is 0.170. The van der Waals surface area contributed by atoms with E-state index < -0.39 is 63.5 Å². The first-order valence-electron chi connectivity index (χ1n) is 16.7. The molecule has 11 heteroatoms. The Hall–Kier alpha value is -2.77. The van der Waals surface area contributed by atoms with E-state index >= 15 is 0 Å². The molecule has 10 nitrogen and oxygen atoms in total. The fourth-order valence-electron chi connectivity index (χ4n) is 7.25. The van der Waals surface area contributed by atoms with Gasteiger partial charge in [-0.15, -0.1) is 0 Å². The van der Waals surface area contributed by atoms with Crippen molar-refractivity contribution in [3.63, 3.8) is 0 Å². The zero-order chi connectivity index (χ0) is 33.6. The van der Waals surface area contributed by atoms with Crippen molar-refractivity contribution in [3.05, 3.63) is 84.1 Å². The van der Waals surface area contributed by atoms with Crippen LogP contribution in [-0.2, 0) is 50.8 Å². The van der Waals surface area contributed by atoms with Gasteiger partial charge in [-0.3, -0.25) is 0 Å². The number of rotatable bonds is 15. The Balaban J connectivity index is 1.35. The maximum atomic E-state index is 12.3. The summed E-state index contributed by atoms with van der Waals surface area (Å²) in [7, 11) is -2.29. The summed E-state index contributed by atoms with van der Waals surface area (Å²) in [6.45, 7) is 14.3. The lowest BCUT2D eigenvalue weighted by atomic mass is 9.99. The summed E-state index contributed by atoms with van der Waals surface area (Å²) >= 11 is 0. The first-order valence-corrected chi connectivity index (χ1v) is 18.8. The summed E-state index contributed by atoms with van der Waals surface area (Å²) in [6.07, 6.45) is -4.40. The average molecular weight is 671 g/mol. The Morgan fingerprint density at radius 2 is 1.38 bits per heavy atom. The number of benzene rings is 2. The molecule has 2 saturated heterocycles. The van der Waals surface area contributed by atoms with Crippen LogP contribution in [0.15, 0.2) is 73.0 Å². The van der Waals surface area contributed by atoms with Crippen molar-refractivity contribution in [2.45, 2.75) is 120 Å². The molecule has 47 heavy (non-hydrogen) atoms. The second-order valence-electron chi connectivity index (χ2n) is 13.4. The molecule has 3 aliphatic heterocycles. The third-order valence-electron chi connectivity index (χ3n) is 9.47. The van der Waals surface area contributed by atoms with Crippen molar-refractivity contribution in [2.24, 2.45) is 0 Å². The normalized spacial score (nSPS) is 29.1. The highest BCUT2D eigenvalue weighted by Crippen LogP contribution is 2.43. The largest absolute Gasteiger partial charge is 0.509 e. The van der Waals surface area contributed by atoms with Crippen LogP contribution in [0.1, 0.15) is 52.7 Å². The van der Waals surface area contributed by atoms with Gasteiger partial charge in [0, 0.05) is 0 Å². The summed E-state index contributed by atoms with van der Waals surface area (Å²) < 4.78 is 49.2. The Labute approximate surface area is 279 Å². The number of aliphatic hydroxyl groups is 1. The summed E-state index contributed by atoms with van der Waals surface area (Å²) in [5.41, 5.74) is 3.05. The quantitative estimate of drug-likeness (QED) is 0.172. The molecule has 5 rings (SSSR count). The van der Waals surface area contributed by atoms with E-state index in [9.17, 15) is 9.90 Å². The SMILES string of the molecule is CC(C)[Si](OCC1O[C@@H](O[C@@H]2C(COCc3ccccc3)OC=C[C@@H]2OCc2ccccc2)C(O)[C@H]2OC(=O)O[C@@H]12)(C(C)C)C(C)C. The van der Waals surface area contributed by atoms with Crippen molar-refractivity contribution in [1.82, 2.24) is 0 Å². The number of aliphatic hydroxyl groups excluding tert-OH is 1. The number of hydrogen-bond acceptors (Lipinski definition) is 10. The molecule has 8 atom stereocenters. The molecule has 3 aliphatic rings. The van der Waals surface area contributed by atoms with E-state index in [0.29, 0.717) is 29.8 Å². The molecule has 1 N–H and O–H groups in total. The first kappa shape index (κ1) is 35.5. The van der Waals surface area contributed by atoms with E-state index in [1.165, 1.54) is 0 Å². The van der Waals surface area contributed by atoms with Gasteiger partial charge >= 0.3 is 6.16 Å². The predicted molar refractivity (Wildman–Crippen MR) is 177 cm³/mol. The zero-order valence-electron chi connectivity index (χ0n) is 28.2. The van der Waals surface area contributed by atoms with Crippen molar-refractivity contribution in [3.8, 4) is 0 Å². The van der Waals surface area contributed by atoms with Crippen molar-refractivity contribution in [2.75, 3.05) is 13.2 Å². The topological polar surface area (TPSA) is 111 Å². The van der Waals surface area contributed by atoms with Crippen LogP contribution in [0.2, 0.25) is 16.6 Å². The number of carbonyl (C=O) groups is 1. The van der Waals surface area contributed by atoms with Crippen molar-refractivity contribution in [1.29, 1.82) is 0 Å². The molecule has 0 spiro atoms. The molecule has 0 aromatic heterocycles. The molecule has 0 aliphatic carbocycles. The van der Waals surface area contributed by atoms with Crippen molar-refractivity contribution < 1.29 is 47.5 Å². The highest BCUT2D eigenvalue weighted by Gasteiger charge is 2.56. The zero-order valence-corrected chi connectivity index (χ0v) is 29.2. The fourth-order valence-corrected chi connectivity index (χ4v) is 12.7. The number of carbonyl (C=O) groups excluding carboxylic acids is 1. The molecule has 0 saturated carbocycles. The molecule has 258 valence electrons. The Morgan fingerprint density at radius 3 is 2.00 bits per heavy atom. The van der Waals surface area contributed by atoms with Gasteiger partial charge in [0.25, 0.3) is 0 Å². The Morgan fingerprint density at radius 1 is 0.787 bits per heavy atom. The maximum absolute atomic E-state index is 12.3. The van der Waals surface area contributed by atoms with Crippen LogP contribution < -0.4 is 0 Å². The van der Waals surface area contributed by atoms with Gasteiger partial charge in [-0.1, -0.05) is 102 Å². The van der Waals surface area contributed by atoms with Crippen LogP contribution in [0.25, 0.3) is 0 Å². The van der Waals surface area contributed by atoms with Crippen LogP contribution in [0.5, 0.6) is 0 Å². The molecule has 2 aromatic rings. The summed E-state index contributed by atoms with van der Waals surface area (Å²) in [6, 6.07) is 19.7. The van der Waals surface area contributed by atoms with E-state index in [1.807, 2.05) is 60.7 Å². The predicted octanol–water partition coefficient (Wildman–Crippen LogP) is 6.27. The van der Waals surface area contributed by atoms with Gasteiger partial charge in [-0.25, -0.2) is 4.79 Å². The third-order valence-corrected chi connectivity index (χ3v) is 15.5. The van der Waals surface area contributed by atoms with Gasteiger partial charge in [0.1, 0.15) is 24.4 Å². The lowest BCUT2D eigenvalue weighted by molar-refractivity contribution is -0.312. The summed E-state index contributed by atoms with van der Waals surface area (Å²) in [5.74, 6) is 0. The average Bonchev–Trinajstić information content (AvgIpc) is 3.45. The highest BCUT2D eigenvalue weighted by molar-refractivity contribution is 6.77. The maximum Gasteiger partial charge on any atom is 0.509 e. The van der Waals surface area contributed by atoms with E-state index in [2.05, 4.69) is 41.5 Å². The third kappa shape index (κ3) is 8.27. The minimum Gasteiger partial charge on any atom is -0.493 e. The van der Waals surface area contributed by atoms with Gasteiger partial charge in [-0.2, -0.15) is 0 Å². The monoisotopic (exact) mass is 670 g/mol. The second-order valence-corrected chi connectivity index (χ2v) is 18.9. The fraction of sp³-hybridized carbons (Fsp3) is 0.583. The molecule has 2 aromatic carbocycles. The molecule has 0 radical (unpaired) electrons. The van der Waals surface area contributed by atoms with Crippen molar-refractivity contribution >= 4 is 14.5 Å². The van der Waals surface area contributed by atoms with Gasteiger partial charge in [0.15, 0.2) is 32.9 Å². The number of ether oxygens (including phenoxy) is 7. The Bertz CT molecular complexity index is 1270. The second kappa shape index (κ2) is 16.1. The number of hydrogen-bond donors (Lipinski definition) is 1. The van der Waals surface area contributed by atoms with Crippen LogP contribution in [-0.4, -0.2) is 81.8 Å². The van der Waals surface area contributed by atoms with Crippen LogP contribution in [0, 0.1) is 0 Å². The molecule has 3 heterocycles. The first-order chi connectivity index (χ1) is 22.6. The van der Waals surface area contributed by atoms with Crippen LogP contribution in [0.3, 0.4) is 0 Å². The van der Waals surface area contributed by atoms with Crippen LogP contribution >= 0.6 is 0 Å². The van der Waals surface area contributed by atoms with E-state index in [0.717, 1.165) is 11.1 Å². The smallest absolute Gasteiger partial charge is 0.493 e. The van der Waals surface area contributed by atoms with Gasteiger partial charge in [0.2, 0.25) is 0 Å². The Kier molecular flexibility index (Phi) is 12.2. The van der Waals surface area contributed by atoms with Gasteiger partial charge in [0.05, 0.1) is 32.7 Å².